The van der Waals surface area contributed by atoms with Gasteiger partial charge in [-0.1, -0.05) is 37.6 Å². The van der Waals surface area contributed by atoms with Crippen molar-refractivity contribution in [2.45, 2.75) is 26.2 Å². The van der Waals surface area contributed by atoms with Crippen molar-refractivity contribution >= 4 is 17.6 Å². The van der Waals surface area contributed by atoms with Crippen molar-refractivity contribution in [1.82, 2.24) is 10.6 Å². The van der Waals surface area contributed by atoms with E-state index in [4.69, 9.17) is 16.3 Å². The number of guanidine groups is 1. The molecule has 1 rings (SSSR count). The molecule has 21 heavy (non-hydrogen) atoms. The fourth-order valence-electron chi connectivity index (χ4n) is 1.92. The Bertz CT molecular complexity index is 461. The number of hydrogen-bond acceptors (Lipinski definition) is 2. The second kappa shape index (κ2) is 8.90. The molecule has 0 spiro atoms. The van der Waals surface area contributed by atoms with E-state index < -0.39 is 0 Å². The highest BCUT2D eigenvalue weighted by Gasteiger charge is 2.21. The first-order valence-corrected chi connectivity index (χ1v) is 7.65. The molecule has 0 aromatic heterocycles. The van der Waals surface area contributed by atoms with Crippen LogP contribution < -0.4 is 10.6 Å². The molecule has 0 saturated heterocycles. The van der Waals surface area contributed by atoms with Crippen molar-refractivity contribution in [3.05, 3.63) is 34.9 Å². The Labute approximate surface area is 132 Å². The summed E-state index contributed by atoms with van der Waals surface area (Å²) >= 11 is 6.07. The van der Waals surface area contributed by atoms with Gasteiger partial charge in [0, 0.05) is 37.2 Å². The van der Waals surface area contributed by atoms with Gasteiger partial charge in [-0.2, -0.15) is 0 Å². The van der Waals surface area contributed by atoms with E-state index in [2.05, 4.69) is 35.5 Å². The molecular formula is C16H26ClN3O. The number of rotatable bonds is 7. The molecule has 4 nitrogen and oxygen atoms in total. The number of benzene rings is 1. The first-order chi connectivity index (χ1) is 9.99. The molecule has 0 bridgehead atoms. The van der Waals surface area contributed by atoms with Crippen LogP contribution in [0.1, 0.15) is 26.3 Å². The van der Waals surface area contributed by atoms with Gasteiger partial charge in [0.05, 0.1) is 6.61 Å². The van der Waals surface area contributed by atoms with Crippen molar-refractivity contribution in [3.8, 4) is 0 Å². The minimum absolute atomic E-state index is 0.0392. The summed E-state index contributed by atoms with van der Waals surface area (Å²) < 4.78 is 5.30. The third-order valence-corrected chi connectivity index (χ3v) is 3.51. The molecule has 0 aliphatic carbocycles. The van der Waals surface area contributed by atoms with E-state index in [0.717, 1.165) is 30.7 Å². The average Bonchev–Trinajstić information content (AvgIpc) is 2.46. The number of aliphatic imine (C=N–C) groups is 1. The maximum Gasteiger partial charge on any atom is 0.191 e. The van der Waals surface area contributed by atoms with E-state index in [1.807, 2.05) is 25.1 Å². The van der Waals surface area contributed by atoms with E-state index in [0.29, 0.717) is 6.61 Å². The predicted molar refractivity (Wildman–Crippen MR) is 90.3 cm³/mol. The molecular weight excluding hydrogens is 286 g/mol. The average molecular weight is 312 g/mol. The van der Waals surface area contributed by atoms with Gasteiger partial charge in [-0.05, 0) is 24.6 Å². The zero-order valence-corrected chi connectivity index (χ0v) is 14.1. The summed E-state index contributed by atoms with van der Waals surface area (Å²) in [4.78, 5) is 4.21. The van der Waals surface area contributed by atoms with Crippen LogP contribution in [0.3, 0.4) is 0 Å². The van der Waals surface area contributed by atoms with Gasteiger partial charge in [0.15, 0.2) is 5.96 Å². The van der Waals surface area contributed by atoms with Crippen LogP contribution in [-0.2, 0) is 10.2 Å². The number of nitrogens with zero attached hydrogens (tertiary/aromatic N) is 1. The van der Waals surface area contributed by atoms with Gasteiger partial charge in [0.1, 0.15) is 0 Å². The number of nitrogens with one attached hydrogen (secondary N) is 2. The first-order valence-electron chi connectivity index (χ1n) is 7.28. The summed E-state index contributed by atoms with van der Waals surface area (Å²) in [5.41, 5.74) is 1.16. The highest BCUT2D eigenvalue weighted by atomic mass is 35.5. The van der Waals surface area contributed by atoms with Crippen molar-refractivity contribution in [2.75, 3.05) is 33.4 Å². The highest BCUT2D eigenvalue weighted by molar-refractivity contribution is 6.30. The molecule has 0 amide bonds. The van der Waals surface area contributed by atoms with Crippen LogP contribution in [0, 0.1) is 0 Å². The van der Waals surface area contributed by atoms with Gasteiger partial charge in [-0.25, -0.2) is 0 Å². The fourth-order valence-corrected chi connectivity index (χ4v) is 2.11. The normalized spacial score (nSPS) is 12.3. The standard InChI is InChI=1S/C16H26ClN3O/c1-5-21-10-9-19-15(18-4)20-12-16(2,3)13-7-6-8-14(17)11-13/h6-8,11H,5,9-10,12H2,1-4H3,(H2,18,19,20). The second-order valence-electron chi connectivity index (χ2n) is 5.44. The molecule has 0 radical (unpaired) electrons. The topological polar surface area (TPSA) is 45.6 Å². The molecule has 2 N–H and O–H groups in total. The third kappa shape index (κ3) is 6.36. The van der Waals surface area contributed by atoms with E-state index in [9.17, 15) is 0 Å². The van der Waals surface area contributed by atoms with Gasteiger partial charge >= 0.3 is 0 Å². The summed E-state index contributed by atoms with van der Waals surface area (Å²) in [6.07, 6.45) is 0. The van der Waals surface area contributed by atoms with Gasteiger partial charge < -0.3 is 15.4 Å². The highest BCUT2D eigenvalue weighted by Crippen LogP contribution is 2.24. The van der Waals surface area contributed by atoms with E-state index in [-0.39, 0.29) is 5.41 Å². The third-order valence-electron chi connectivity index (χ3n) is 3.27. The lowest BCUT2D eigenvalue weighted by Gasteiger charge is -2.27. The molecule has 0 fully saturated rings. The number of hydrogen-bond donors (Lipinski definition) is 2. The van der Waals surface area contributed by atoms with Crippen LogP contribution >= 0.6 is 11.6 Å². The first kappa shape index (κ1) is 17.8. The van der Waals surface area contributed by atoms with Crippen molar-refractivity contribution in [2.24, 2.45) is 4.99 Å². The molecule has 118 valence electrons. The zero-order chi connectivity index (χ0) is 15.7. The Morgan fingerprint density at radius 2 is 2.10 bits per heavy atom. The molecule has 5 heteroatoms. The van der Waals surface area contributed by atoms with Crippen LogP contribution in [0.5, 0.6) is 0 Å². The lowest BCUT2D eigenvalue weighted by atomic mass is 9.84. The summed E-state index contributed by atoms with van der Waals surface area (Å²) in [5, 5.41) is 7.34. The predicted octanol–water partition coefficient (Wildman–Crippen LogP) is 2.82. The summed E-state index contributed by atoms with van der Waals surface area (Å²) in [6, 6.07) is 7.98. The van der Waals surface area contributed by atoms with Gasteiger partial charge in [-0.3, -0.25) is 4.99 Å². The summed E-state index contributed by atoms with van der Waals surface area (Å²) in [5.74, 6) is 0.782. The summed E-state index contributed by atoms with van der Waals surface area (Å²) in [7, 11) is 1.77. The molecule has 1 aromatic carbocycles. The lowest BCUT2D eigenvalue weighted by molar-refractivity contribution is 0.152. The van der Waals surface area contributed by atoms with Crippen molar-refractivity contribution in [1.29, 1.82) is 0 Å². The Balaban J connectivity index is 2.51. The number of ether oxygens (including phenoxy) is 1. The van der Waals surface area contributed by atoms with E-state index in [1.165, 1.54) is 5.56 Å². The Morgan fingerprint density at radius 3 is 2.71 bits per heavy atom. The van der Waals surface area contributed by atoms with Crippen LogP contribution in [0.15, 0.2) is 29.3 Å². The van der Waals surface area contributed by atoms with Crippen molar-refractivity contribution in [3.63, 3.8) is 0 Å². The minimum atomic E-state index is -0.0392. The second-order valence-corrected chi connectivity index (χ2v) is 5.88. The summed E-state index contributed by atoms with van der Waals surface area (Å²) in [6.45, 7) is 9.26. The number of halogens is 1. The Hall–Kier alpha value is -1.26. The maximum absolute atomic E-state index is 6.07. The van der Waals surface area contributed by atoms with Gasteiger partial charge in [0.2, 0.25) is 0 Å². The molecule has 0 unspecified atom stereocenters. The quantitative estimate of drug-likeness (QED) is 0.462. The molecule has 0 saturated carbocycles. The van der Waals surface area contributed by atoms with E-state index in [1.54, 1.807) is 7.05 Å². The van der Waals surface area contributed by atoms with Gasteiger partial charge in [-0.15, -0.1) is 0 Å². The Morgan fingerprint density at radius 1 is 1.33 bits per heavy atom. The largest absolute Gasteiger partial charge is 0.380 e. The van der Waals surface area contributed by atoms with Gasteiger partial charge in [0.25, 0.3) is 0 Å². The minimum Gasteiger partial charge on any atom is -0.380 e. The monoisotopic (exact) mass is 311 g/mol. The SMILES string of the molecule is CCOCCNC(=NC)NCC(C)(C)c1cccc(Cl)c1. The van der Waals surface area contributed by atoms with Crippen LogP contribution in [0.4, 0.5) is 0 Å². The molecule has 0 heterocycles. The molecule has 0 aliphatic rings. The smallest absolute Gasteiger partial charge is 0.191 e. The van der Waals surface area contributed by atoms with Crippen LogP contribution in [0.25, 0.3) is 0 Å². The molecule has 1 aromatic rings. The fraction of sp³-hybridized carbons (Fsp3) is 0.562. The van der Waals surface area contributed by atoms with Crippen LogP contribution in [0.2, 0.25) is 5.02 Å². The molecule has 0 aliphatic heterocycles. The van der Waals surface area contributed by atoms with Crippen LogP contribution in [-0.4, -0.2) is 39.3 Å². The Kier molecular flexibility index (Phi) is 7.54. The lowest BCUT2D eigenvalue weighted by Crippen LogP contribution is -2.44. The molecule has 0 atom stereocenters. The zero-order valence-electron chi connectivity index (χ0n) is 13.4. The van der Waals surface area contributed by atoms with Crippen molar-refractivity contribution < 1.29 is 4.74 Å². The van der Waals surface area contributed by atoms with E-state index >= 15 is 0 Å². The maximum atomic E-state index is 6.07.